The zero-order chi connectivity index (χ0) is 32.5. The molecule has 3 atom stereocenters. The van der Waals surface area contributed by atoms with Gasteiger partial charge in [-0.1, -0.05) is 0 Å². The van der Waals surface area contributed by atoms with Crippen LogP contribution in [0.15, 0.2) is 24.3 Å². The van der Waals surface area contributed by atoms with Crippen LogP contribution >= 0.6 is 0 Å². The number of nitrogens with one attached hydrogen (secondary N) is 1. The monoisotopic (exact) mass is 647 g/mol. The molecule has 0 aromatic heterocycles. The van der Waals surface area contributed by atoms with E-state index in [4.69, 9.17) is 24.8 Å². The molecule has 4 N–H and O–H groups in total. The van der Waals surface area contributed by atoms with Crippen LogP contribution in [0, 0.1) is 10.8 Å². The van der Waals surface area contributed by atoms with Crippen molar-refractivity contribution in [1.29, 1.82) is 0 Å². The maximum absolute atomic E-state index is 13.6. The molecular weight excluding hydrogens is 602 g/mol. The predicted molar refractivity (Wildman–Crippen MR) is 174 cm³/mol. The number of amides is 2. The van der Waals surface area contributed by atoms with Crippen molar-refractivity contribution in [3.63, 3.8) is 0 Å². The summed E-state index contributed by atoms with van der Waals surface area (Å²) in [7, 11) is 3.15. The summed E-state index contributed by atoms with van der Waals surface area (Å²) in [6.07, 6.45) is 7.89. The van der Waals surface area contributed by atoms with Gasteiger partial charge in [-0.15, -0.1) is 0 Å². The number of carbonyl (C=O) groups is 2. The van der Waals surface area contributed by atoms with Gasteiger partial charge in [-0.25, -0.2) is 5.84 Å². The highest BCUT2D eigenvalue weighted by molar-refractivity contribution is 6.02. The molecule has 12 heteroatoms. The van der Waals surface area contributed by atoms with Crippen molar-refractivity contribution in [1.82, 2.24) is 9.80 Å². The number of fused-ring (bicyclic) bond motifs is 4. The molecule has 12 nitrogen and oxygen atoms in total. The molecule has 2 aromatic carbocycles. The highest BCUT2D eigenvalue weighted by atomic mass is 16.5. The number of rotatable bonds is 10. The SMILES string of the molecule is COc1cc2c(cc1OCCCCCOc1cc3c(cc1OC)C(=O)N1CC4(CC4)C[C@H]1C(O)N3N)NC[C@@H]1CC3(CC3)CN1C2=O. The molecule has 2 aliphatic carbocycles. The van der Waals surface area contributed by atoms with Crippen LogP contribution < -0.4 is 35.1 Å². The summed E-state index contributed by atoms with van der Waals surface area (Å²) in [6, 6.07) is 6.98. The minimum Gasteiger partial charge on any atom is -0.493 e. The molecule has 1 unspecified atom stereocenters. The third-order valence-electron chi connectivity index (χ3n) is 11.4. The second kappa shape index (κ2) is 11.4. The molecular formula is C35H45N5O7. The lowest BCUT2D eigenvalue weighted by atomic mass is 10.0. The van der Waals surface area contributed by atoms with E-state index >= 15 is 0 Å². The first-order valence-corrected chi connectivity index (χ1v) is 17.0. The van der Waals surface area contributed by atoms with Crippen molar-refractivity contribution in [2.24, 2.45) is 16.7 Å². The Morgan fingerprint density at radius 1 is 0.809 bits per heavy atom. The third kappa shape index (κ3) is 5.29. The van der Waals surface area contributed by atoms with Crippen molar-refractivity contribution >= 4 is 23.2 Å². The van der Waals surface area contributed by atoms with Gasteiger partial charge < -0.3 is 39.2 Å². The molecule has 252 valence electrons. The van der Waals surface area contributed by atoms with Gasteiger partial charge in [-0.05, 0) is 80.8 Å². The minimum atomic E-state index is -0.997. The first-order chi connectivity index (χ1) is 22.7. The van der Waals surface area contributed by atoms with Crippen LogP contribution in [-0.4, -0.2) is 92.1 Å². The summed E-state index contributed by atoms with van der Waals surface area (Å²) in [4.78, 5) is 30.9. The molecule has 0 bridgehead atoms. The van der Waals surface area contributed by atoms with Crippen molar-refractivity contribution < 1.29 is 33.6 Å². The van der Waals surface area contributed by atoms with Crippen molar-refractivity contribution in [3.05, 3.63) is 35.4 Å². The molecule has 4 heterocycles. The van der Waals surface area contributed by atoms with E-state index in [-0.39, 0.29) is 29.3 Å². The minimum absolute atomic E-state index is 0.0727. The third-order valence-corrected chi connectivity index (χ3v) is 11.4. The van der Waals surface area contributed by atoms with E-state index in [0.29, 0.717) is 65.0 Å². The molecule has 47 heavy (non-hydrogen) atoms. The van der Waals surface area contributed by atoms with E-state index in [1.807, 2.05) is 12.1 Å². The molecule has 2 saturated heterocycles. The fraction of sp³-hybridized carbons (Fsp3) is 0.600. The van der Waals surface area contributed by atoms with Crippen molar-refractivity contribution in [2.75, 3.05) is 57.4 Å². The molecule has 2 aromatic rings. The number of anilines is 2. The predicted octanol–water partition coefficient (Wildman–Crippen LogP) is 3.76. The summed E-state index contributed by atoms with van der Waals surface area (Å²) < 4.78 is 23.5. The van der Waals surface area contributed by atoms with E-state index in [1.165, 1.54) is 17.9 Å². The number of aliphatic hydroxyl groups excluding tert-OH is 1. The van der Waals surface area contributed by atoms with Gasteiger partial charge in [-0.3, -0.25) is 14.6 Å². The molecule has 6 aliphatic rings. The van der Waals surface area contributed by atoms with Gasteiger partial charge in [0.05, 0.1) is 56.0 Å². The summed E-state index contributed by atoms with van der Waals surface area (Å²) in [5.74, 6) is 8.45. The van der Waals surface area contributed by atoms with E-state index in [0.717, 1.165) is 63.7 Å². The van der Waals surface area contributed by atoms with Crippen molar-refractivity contribution in [3.8, 4) is 23.0 Å². The molecule has 2 amide bonds. The Balaban J connectivity index is 0.858. The molecule has 2 saturated carbocycles. The van der Waals surface area contributed by atoms with Crippen LogP contribution in [0.3, 0.4) is 0 Å². The Morgan fingerprint density at radius 3 is 2.06 bits per heavy atom. The number of methoxy groups -OCH3 is 2. The molecule has 8 rings (SSSR count). The highest BCUT2D eigenvalue weighted by Gasteiger charge is 2.57. The fourth-order valence-electron chi connectivity index (χ4n) is 8.22. The Morgan fingerprint density at radius 2 is 1.40 bits per heavy atom. The average molecular weight is 648 g/mol. The van der Waals surface area contributed by atoms with E-state index in [9.17, 15) is 14.7 Å². The fourth-order valence-corrected chi connectivity index (χ4v) is 8.22. The molecule has 2 spiro atoms. The molecule has 4 aliphatic heterocycles. The second-order valence-corrected chi connectivity index (χ2v) is 14.5. The number of carbonyl (C=O) groups excluding carboxylic acids is 2. The Hall–Kier alpha value is -3.90. The normalized spacial score (nSPS) is 25.8. The molecule has 4 fully saturated rings. The largest absolute Gasteiger partial charge is 0.493 e. The number of nitrogens with zero attached hydrogens (tertiary/aromatic N) is 3. The van der Waals surface area contributed by atoms with Gasteiger partial charge in [0.2, 0.25) is 0 Å². The maximum atomic E-state index is 13.6. The maximum Gasteiger partial charge on any atom is 0.256 e. The van der Waals surface area contributed by atoms with Gasteiger partial charge in [-0.2, -0.15) is 0 Å². The van der Waals surface area contributed by atoms with E-state index < -0.39 is 6.23 Å². The van der Waals surface area contributed by atoms with Crippen LogP contribution in [0.5, 0.6) is 23.0 Å². The number of unbranched alkanes of at least 4 members (excludes halogenated alkanes) is 2. The standard InChI is InChI=1S/C35H45N5O7/c1-44-27-12-22-24(37-18-21-16-34(6-7-34)19-38(21)31(22)41)14-29(27)46-10-4-3-5-11-47-30-15-25-23(13-28(30)45-2)32(42)39-20-35(8-9-35)17-26(39)33(43)40(25)36/h12-15,21,26,33,37,43H,3-11,16-20,36H2,1-2H3/t21-,26-,33?/m0/s1. The first kappa shape index (κ1) is 30.4. The zero-order valence-electron chi connectivity index (χ0n) is 27.3. The van der Waals surface area contributed by atoms with Gasteiger partial charge in [0.1, 0.15) is 0 Å². The number of hydrogen-bond acceptors (Lipinski definition) is 10. The van der Waals surface area contributed by atoms with Crippen LogP contribution in [0.4, 0.5) is 11.4 Å². The lowest BCUT2D eigenvalue weighted by Gasteiger charge is -2.30. The van der Waals surface area contributed by atoms with Crippen LogP contribution in [0.25, 0.3) is 0 Å². The summed E-state index contributed by atoms with van der Waals surface area (Å²) in [5.41, 5.74) is 2.78. The van der Waals surface area contributed by atoms with Gasteiger partial charge >= 0.3 is 0 Å². The quantitative estimate of drug-likeness (QED) is 0.258. The molecule has 0 radical (unpaired) electrons. The summed E-state index contributed by atoms with van der Waals surface area (Å²) >= 11 is 0. The summed E-state index contributed by atoms with van der Waals surface area (Å²) in [5, 5.41) is 15.9. The average Bonchev–Trinajstić information content (AvgIpc) is 3.96. The topological polar surface area (TPSA) is 139 Å². The lowest BCUT2D eigenvalue weighted by Crippen LogP contribution is -2.51. The number of hydrogen-bond donors (Lipinski definition) is 3. The number of benzene rings is 2. The number of hydrazine groups is 1. The Kier molecular flexibility index (Phi) is 7.36. The highest BCUT2D eigenvalue weighted by Crippen LogP contribution is 2.57. The van der Waals surface area contributed by atoms with Crippen LogP contribution in [0.2, 0.25) is 0 Å². The van der Waals surface area contributed by atoms with Gasteiger partial charge in [0.25, 0.3) is 11.8 Å². The zero-order valence-corrected chi connectivity index (χ0v) is 27.3. The van der Waals surface area contributed by atoms with E-state index in [1.54, 1.807) is 31.3 Å². The first-order valence-electron chi connectivity index (χ1n) is 17.0. The van der Waals surface area contributed by atoms with Crippen LogP contribution in [-0.2, 0) is 0 Å². The van der Waals surface area contributed by atoms with Gasteiger partial charge in [0.15, 0.2) is 29.2 Å². The summed E-state index contributed by atoms with van der Waals surface area (Å²) in [6.45, 7) is 3.18. The Bertz CT molecular complexity index is 1590. The van der Waals surface area contributed by atoms with Crippen LogP contribution in [0.1, 0.15) is 78.5 Å². The number of aliphatic hydroxyl groups is 1. The Labute approximate surface area is 275 Å². The number of ether oxygens (including phenoxy) is 4. The second-order valence-electron chi connectivity index (χ2n) is 14.5. The smallest absolute Gasteiger partial charge is 0.256 e. The number of nitrogens with two attached hydrogens (primary N) is 1. The van der Waals surface area contributed by atoms with Gasteiger partial charge in [0, 0.05) is 37.8 Å². The lowest BCUT2D eigenvalue weighted by molar-refractivity contribution is 0.0513. The van der Waals surface area contributed by atoms with Crippen molar-refractivity contribution in [2.45, 2.75) is 76.1 Å². The van der Waals surface area contributed by atoms with E-state index in [2.05, 4.69) is 10.2 Å².